The largest absolute Gasteiger partial charge is 0.484 e. The molecule has 4 rings (SSSR count). The van der Waals surface area contributed by atoms with E-state index in [-0.39, 0.29) is 11.9 Å². The van der Waals surface area contributed by atoms with Gasteiger partial charge in [-0.05, 0) is 57.9 Å². The highest BCUT2D eigenvalue weighted by Crippen LogP contribution is 2.33. The molecule has 0 saturated carbocycles. The zero-order valence-corrected chi connectivity index (χ0v) is 17.4. The quantitative estimate of drug-likeness (QED) is 0.831. The maximum atomic E-state index is 14.7. The number of nitrogens with zero attached hydrogens (tertiary/aromatic N) is 3. The number of likely N-dealkylation sites (tertiary alicyclic amines) is 1. The average Bonchev–Trinajstić information content (AvgIpc) is 2.71. The van der Waals surface area contributed by atoms with Crippen molar-refractivity contribution in [2.24, 2.45) is 0 Å². The number of hydrogen-bond donors (Lipinski definition) is 1. The number of aryl methyl sites for hydroxylation is 2. The van der Waals surface area contributed by atoms with Crippen LogP contribution in [0.15, 0.2) is 18.2 Å². The van der Waals surface area contributed by atoms with Crippen molar-refractivity contribution >= 4 is 0 Å². The molecule has 7 heteroatoms. The number of halogens is 1. The lowest BCUT2D eigenvalue weighted by atomic mass is 10.0. The first-order chi connectivity index (χ1) is 14.0. The molecule has 2 aromatic rings. The van der Waals surface area contributed by atoms with E-state index in [1.165, 1.54) is 11.6 Å². The predicted octanol–water partition coefficient (Wildman–Crippen LogP) is 3.32. The minimum Gasteiger partial charge on any atom is -0.484 e. The van der Waals surface area contributed by atoms with E-state index < -0.39 is 0 Å². The third-order valence-corrected chi connectivity index (χ3v) is 5.65. The van der Waals surface area contributed by atoms with Crippen LogP contribution in [0.25, 0.3) is 0 Å². The molecule has 1 N–H and O–H groups in total. The lowest BCUT2D eigenvalue weighted by Crippen LogP contribution is -2.46. The molecule has 1 fully saturated rings. The summed E-state index contributed by atoms with van der Waals surface area (Å²) >= 11 is 0. The molecule has 4 heterocycles. The van der Waals surface area contributed by atoms with Gasteiger partial charge in [0, 0.05) is 36.6 Å². The Morgan fingerprint density at radius 2 is 1.93 bits per heavy atom. The highest BCUT2D eigenvalue weighted by molar-refractivity contribution is 5.37. The van der Waals surface area contributed by atoms with Gasteiger partial charge in [-0.2, -0.15) is 0 Å². The predicted molar refractivity (Wildman–Crippen MR) is 109 cm³/mol. The molecule has 156 valence electrons. The molecule has 2 aliphatic heterocycles. The van der Waals surface area contributed by atoms with Gasteiger partial charge in [-0.25, -0.2) is 9.37 Å². The van der Waals surface area contributed by atoms with Crippen molar-refractivity contribution in [2.75, 3.05) is 26.3 Å². The second-order valence-corrected chi connectivity index (χ2v) is 8.00. The number of ether oxygens (including phenoxy) is 2. The fraction of sp³-hybridized carbons (Fsp3) is 0.545. The fourth-order valence-corrected chi connectivity index (χ4v) is 4.24. The molecule has 0 spiro atoms. The first-order valence-electron chi connectivity index (χ1n) is 10.4. The van der Waals surface area contributed by atoms with Crippen LogP contribution in [0.5, 0.6) is 11.6 Å². The van der Waals surface area contributed by atoms with Crippen LogP contribution < -0.4 is 14.8 Å². The molecule has 0 amide bonds. The third kappa shape index (κ3) is 4.67. The van der Waals surface area contributed by atoms with Gasteiger partial charge in [0.2, 0.25) is 0 Å². The first-order valence-corrected chi connectivity index (χ1v) is 10.4. The highest BCUT2D eigenvalue weighted by atomic mass is 19.1. The number of piperidine rings is 1. The lowest BCUT2D eigenvalue weighted by Gasteiger charge is -2.37. The molecule has 1 saturated heterocycles. The maximum absolute atomic E-state index is 14.7. The third-order valence-electron chi connectivity index (χ3n) is 5.65. The monoisotopic (exact) mass is 400 g/mol. The van der Waals surface area contributed by atoms with Crippen molar-refractivity contribution in [1.29, 1.82) is 0 Å². The molecule has 29 heavy (non-hydrogen) atoms. The minimum atomic E-state index is -0.334. The van der Waals surface area contributed by atoms with E-state index in [4.69, 9.17) is 9.47 Å². The van der Waals surface area contributed by atoms with Crippen molar-refractivity contribution in [3.8, 4) is 11.6 Å². The van der Waals surface area contributed by atoms with Gasteiger partial charge in [-0.15, -0.1) is 0 Å². The molecule has 2 atom stereocenters. The van der Waals surface area contributed by atoms with Crippen molar-refractivity contribution in [2.45, 2.75) is 52.2 Å². The number of aromatic nitrogens is 2. The van der Waals surface area contributed by atoms with Gasteiger partial charge in [0.25, 0.3) is 5.88 Å². The summed E-state index contributed by atoms with van der Waals surface area (Å²) in [6.45, 7) is 9.54. The molecule has 0 bridgehead atoms. The Labute approximate surface area is 171 Å². The van der Waals surface area contributed by atoms with Crippen LogP contribution >= 0.6 is 0 Å². The second-order valence-electron chi connectivity index (χ2n) is 8.00. The molecular formula is C22H29FN4O2. The van der Waals surface area contributed by atoms with E-state index in [1.807, 2.05) is 20.8 Å². The summed E-state index contributed by atoms with van der Waals surface area (Å²) in [4.78, 5) is 11.2. The first kappa shape index (κ1) is 20.0. The van der Waals surface area contributed by atoms with E-state index in [2.05, 4.69) is 32.3 Å². The van der Waals surface area contributed by atoms with Crippen LogP contribution in [0, 0.1) is 19.7 Å². The zero-order chi connectivity index (χ0) is 20.4. The SMILES string of the molecule is Cc1cc(CN[C@H]2CCCN(C(C)c3nc4c(cc3F)OCCO4)C2)cc(C)n1. The average molecular weight is 400 g/mol. The number of fused-ring (bicyclic) bond motifs is 1. The van der Waals surface area contributed by atoms with Gasteiger partial charge in [0.15, 0.2) is 5.75 Å². The van der Waals surface area contributed by atoms with Crippen LogP contribution in [0.3, 0.4) is 0 Å². The zero-order valence-electron chi connectivity index (χ0n) is 17.4. The normalized spacial score (nSPS) is 20.5. The van der Waals surface area contributed by atoms with Gasteiger partial charge in [-0.1, -0.05) is 0 Å². The summed E-state index contributed by atoms with van der Waals surface area (Å²) in [5, 5.41) is 3.66. The van der Waals surface area contributed by atoms with Crippen LogP contribution in [0.2, 0.25) is 0 Å². The van der Waals surface area contributed by atoms with E-state index in [9.17, 15) is 4.39 Å². The second kappa shape index (κ2) is 8.63. The summed E-state index contributed by atoms with van der Waals surface area (Å²) in [6, 6.07) is 5.89. The number of pyridine rings is 2. The Kier molecular flexibility index (Phi) is 5.96. The summed E-state index contributed by atoms with van der Waals surface area (Å²) in [5.41, 5.74) is 3.76. The summed E-state index contributed by atoms with van der Waals surface area (Å²) in [5.74, 6) is 0.458. The summed E-state index contributed by atoms with van der Waals surface area (Å²) < 4.78 is 25.7. The van der Waals surface area contributed by atoms with E-state index in [0.717, 1.165) is 43.9 Å². The van der Waals surface area contributed by atoms with E-state index >= 15 is 0 Å². The van der Waals surface area contributed by atoms with Crippen LogP contribution in [0.4, 0.5) is 4.39 Å². The van der Waals surface area contributed by atoms with E-state index in [1.54, 1.807) is 0 Å². The lowest BCUT2D eigenvalue weighted by molar-refractivity contribution is 0.135. The van der Waals surface area contributed by atoms with Gasteiger partial charge in [-0.3, -0.25) is 9.88 Å². The summed E-state index contributed by atoms with van der Waals surface area (Å²) in [7, 11) is 0. The Morgan fingerprint density at radius 1 is 1.17 bits per heavy atom. The molecule has 0 aliphatic carbocycles. The van der Waals surface area contributed by atoms with Crippen LogP contribution in [0.1, 0.15) is 48.5 Å². The Bertz CT molecular complexity index is 856. The molecule has 1 unspecified atom stereocenters. The van der Waals surface area contributed by atoms with Crippen LogP contribution in [-0.2, 0) is 6.54 Å². The topological polar surface area (TPSA) is 59.5 Å². The minimum absolute atomic E-state index is 0.124. The van der Waals surface area contributed by atoms with Crippen molar-refractivity contribution in [1.82, 2.24) is 20.2 Å². The van der Waals surface area contributed by atoms with Gasteiger partial charge < -0.3 is 14.8 Å². The van der Waals surface area contributed by atoms with Crippen molar-refractivity contribution in [3.05, 3.63) is 46.7 Å². The Morgan fingerprint density at radius 3 is 2.72 bits per heavy atom. The molecule has 0 aromatic carbocycles. The molecule has 0 radical (unpaired) electrons. The van der Waals surface area contributed by atoms with Crippen molar-refractivity contribution in [3.63, 3.8) is 0 Å². The fourth-order valence-electron chi connectivity index (χ4n) is 4.24. The standard InChI is InChI=1S/C22H29FN4O2/c1-14-9-17(10-15(2)25-14)12-24-18-5-4-6-27(13-18)16(3)21-19(23)11-20-22(26-21)29-8-7-28-20/h9-11,16,18,24H,4-8,12-13H2,1-3H3/t16?,18-/m0/s1. The molecular weight excluding hydrogens is 371 g/mol. The highest BCUT2D eigenvalue weighted by Gasteiger charge is 2.28. The van der Waals surface area contributed by atoms with Gasteiger partial charge in [0.05, 0.1) is 11.7 Å². The van der Waals surface area contributed by atoms with Crippen molar-refractivity contribution < 1.29 is 13.9 Å². The molecule has 2 aliphatic rings. The van der Waals surface area contributed by atoms with Gasteiger partial charge in [0.1, 0.15) is 19.0 Å². The molecule has 2 aromatic heterocycles. The molecule has 6 nitrogen and oxygen atoms in total. The Hall–Kier alpha value is -2.25. The van der Waals surface area contributed by atoms with Gasteiger partial charge >= 0.3 is 0 Å². The number of nitrogens with one attached hydrogen (secondary N) is 1. The van der Waals surface area contributed by atoms with E-state index in [0.29, 0.717) is 36.6 Å². The number of hydrogen-bond acceptors (Lipinski definition) is 6. The van der Waals surface area contributed by atoms with Crippen LogP contribution in [-0.4, -0.2) is 47.2 Å². The number of rotatable bonds is 5. The Balaban J connectivity index is 1.41. The summed E-state index contributed by atoms with van der Waals surface area (Å²) in [6.07, 6.45) is 2.19. The smallest absolute Gasteiger partial charge is 0.257 e. The maximum Gasteiger partial charge on any atom is 0.257 e.